The third-order valence-corrected chi connectivity index (χ3v) is 5.04. The second-order valence-corrected chi connectivity index (χ2v) is 6.65. The van der Waals surface area contributed by atoms with Crippen molar-refractivity contribution < 1.29 is 32.9 Å². The van der Waals surface area contributed by atoms with E-state index in [1.54, 1.807) is 19.1 Å². The Labute approximate surface area is 139 Å². The fourth-order valence-corrected chi connectivity index (χ4v) is 3.52. The zero-order chi connectivity index (χ0) is 17.9. The molecule has 0 atom stereocenters. The predicted molar refractivity (Wildman–Crippen MR) is 86.4 cm³/mol. The van der Waals surface area contributed by atoms with Crippen LogP contribution in [0.25, 0.3) is 0 Å². The molecule has 2 N–H and O–H groups in total. The maximum Gasteiger partial charge on any atom is 0.339 e. The maximum atomic E-state index is 11.3. The number of fused-ring (bicyclic) bond motifs is 2. The minimum Gasteiger partial charge on any atom is -0.507 e. The summed E-state index contributed by atoms with van der Waals surface area (Å²) in [7, 11) is -1.69. The quantitative estimate of drug-likeness (QED) is 0.855. The summed E-state index contributed by atoms with van der Waals surface area (Å²) < 4.78 is 32.4. The highest BCUT2D eigenvalue weighted by atomic mass is 32.2. The third kappa shape index (κ3) is 3.28. The first kappa shape index (κ1) is 17.6. The van der Waals surface area contributed by atoms with Crippen LogP contribution in [0.5, 0.6) is 11.5 Å². The van der Waals surface area contributed by atoms with Gasteiger partial charge in [0.15, 0.2) is 0 Å². The molecule has 24 heavy (non-hydrogen) atoms. The number of ether oxygens (including phenoxy) is 2. The number of allylic oxidation sites excluding steroid dienone is 3. The summed E-state index contributed by atoms with van der Waals surface area (Å²) in [5.41, 5.74) is -0.147. The number of benzene rings is 1. The number of hydrogen-bond acceptors (Lipinski definition) is 6. The van der Waals surface area contributed by atoms with Gasteiger partial charge in [-0.3, -0.25) is 0 Å². The van der Waals surface area contributed by atoms with Crippen LogP contribution in [0.1, 0.15) is 17.3 Å². The zero-order valence-corrected chi connectivity index (χ0v) is 13.8. The fourth-order valence-electron chi connectivity index (χ4n) is 2.11. The summed E-state index contributed by atoms with van der Waals surface area (Å²) in [5.74, 6) is -0.532. The van der Waals surface area contributed by atoms with Crippen LogP contribution in [0.2, 0.25) is 0 Å². The molecule has 2 heterocycles. The van der Waals surface area contributed by atoms with Gasteiger partial charge in [-0.05, 0) is 37.3 Å². The highest BCUT2D eigenvalue weighted by Crippen LogP contribution is 2.37. The second-order valence-electron chi connectivity index (χ2n) is 4.73. The highest BCUT2D eigenvalue weighted by molar-refractivity contribution is 8.00. The van der Waals surface area contributed by atoms with E-state index in [-0.39, 0.29) is 16.2 Å². The van der Waals surface area contributed by atoms with Gasteiger partial charge in [0.2, 0.25) is 9.84 Å². The summed E-state index contributed by atoms with van der Waals surface area (Å²) in [6.07, 6.45) is 4.67. The van der Waals surface area contributed by atoms with Gasteiger partial charge in [0.05, 0.1) is 18.6 Å². The third-order valence-electron chi connectivity index (χ3n) is 3.24. The number of rotatable bonds is 4. The van der Waals surface area contributed by atoms with Crippen LogP contribution in [0.4, 0.5) is 0 Å². The van der Waals surface area contributed by atoms with Crippen molar-refractivity contribution in [2.45, 2.75) is 6.92 Å². The number of carbonyl (C=O) groups is 1. The Morgan fingerprint density at radius 2 is 1.96 bits per heavy atom. The van der Waals surface area contributed by atoms with E-state index in [2.05, 4.69) is 0 Å². The molecule has 2 aliphatic heterocycles. The molecule has 7 nitrogen and oxygen atoms in total. The van der Waals surface area contributed by atoms with Crippen molar-refractivity contribution in [3.05, 3.63) is 57.6 Å². The van der Waals surface area contributed by atoms with Crippen molar-refractivity contribution >= 4 is 15.8 Å². The van der Waals surface area contributed by atoms with Crippen LogP contribution in [0.15, 0.2) is 52.0 Å². The largest absolute Gasteiger partial charge is 0.507 e. The number of hydrogen-bond donors (Lipinski definition) is 2. The van der Waals surface area contributed by atoms with Crippen LogP contribution >= 0.6 is 0 Å². The SMILES string of the molecule is CCOc1ccc(O)c(C(=O)O)c1.COC1=C2C=CC(=C1)S2(=O)=O. The van der Waals surface area contributed by atoms with E-state index in [0.717, 1.165) is 0 Å². The van der Waals surface area contributed by atoms with Crippen molar-refractivity contribution in [2.75, 3.05) is 13.7 Å². The molecule has 2 bridgehead atoms. The summed E-state index contributed by atoms with van der Waals surface area (Å²) in [6.45, 7) is 2.26. The molecule has 1 aromatic carbocycles. The molecular weight excluding hydrogens is 336 g/mol. The zero-order valence-electron chi connectivity index (χ0n) is 13.0. The molecule has 3 rings (SSSR count). The number of phenols is 1. The molecule has 0 saturated heterocycles. The molecule has 0 radical (unpaired) electrons. The first-order valence-corrected chi connectivity index (χ1v) is 8.41. The Hall–Kier alpha value is -2.74. The monoisotopic (exact) mass is 352 g/mol. The molecule has 8 heteroatoms. The normalized spacial score (nSPS) is 16.3. The standard InChI is InChI=1S/C9H10O4.C7H6O3S/c1-2-13-6-3-4-8(10)7(5-6)9(11)12;1-10-6-4-5-2-3-7(6)11(5,8)9/h3-5,10H,2H2,1H3,(H,11,12);2-4H,1H3. The van der Waals surface area contributed by atoms with E-state index < -0.39 is 15.8 Å². The molecule has 0 aliphatic carbocycles. The summed E-state index contributed by atoms with van der Waals surface area (Å²) in [5, 5.41) is 17.8. The molecule has 1 aromatic rings. The van der Waals surface area contributed by atoms with E-state index >= 15 is 0 Å². The minimum atomic E-state index is -3.15. The summed E-state index contributed by atoms with van der Waals surface area (Å²) >= 11 is 0. The topological polar surface area (TPSA) is 110 Å². The minimum absolute atomic E-state index is 0.147. The van der Waals surface area contributed by atoms with Crippen LogP contribution in [0.3, 0.4) is 0 Å². The first-order chi connectivity index (χ1) is 11.3. The van der Waals surface area contributed by atoms with E-state index in [9.17, 15) is 13.2 Å². The van der Waals surface area contributed by atoms with Crippen molar-refractivity contribution in [1.29, 1.82) is 0 Å². The number of methoxy groups -OCH3 is 1. The lowest BCUT2D eigenvalue weighted by atomic mass is 10.2. The summed E-state index contributed by atoms with van der Waals surface area (Å²) in [6, 6.07) is 4.11. The van der Waals surface area contributed by atoms with Crippen LogP contribution in [0, 0.1) is 0 Å². The Kier molecular flexibility index (Phi) is 4.99. The Morgan fingerprint density at radius 1 is 1.25 bits per heavy atom. The molecule has 0 spiro atoms. The van der Waals surface area contributed by atoms with Gasteiger partial charge in [-0.2, -0.15) is 0 Å². The number of carboxylic acids is 1. The van der Waals surface area contributed by atoms with Crippen LogP contribution in [-0.2, 0) is 14.6 Å². The van der Waals surface area contributed by atoms with Crippen molar-refractivity contribution in [3.63, 3.8) is 0 Å². The molecule has 0 aromatic heterocycles. The average Bonchev–Trinajstić information content (AvgIpc) is 2.97. The molecule has 0 fully saturated rings. The second kappa shape index (κ2) is 6.79. The molecule has 2 aliphatic rings. The van der Waals surface area contributed by atoms with E-state index in [0.29, 0.717) is 23.0 Å². The lowest BCUT2D eigenvalue weighted by Crippen LogP contribution is -1.98. The number of sulfone groups is 1. The van der Waals surface area contributed by atoms with E-state index in [4.69, 9.17) is 19.7 Å². The van der Waals surface area contributed by atoms with E-state index in [1.165, 1.54) is 31.4 Å². The van der Waals surface area contributed by atoms with Gasteiger partial charge in [0, 0.05) is 6.08 Å². The van der Waals surface area contributed by atoms with Crippen molar-refractivity contribution in [2.24, 2.45) is 0 Å². The van der Waals surface area contributed by atoms with Gasteiger partial charge < -0.3 is 19.7 Å². The average molecular weight is 352 g/mol. The highest BCUT2D eigenvalue weighted by Gasteiger charge is 2.34. The van der Waals surface area contributed by atoms with Gasteiger partial charge in [0.25, 0.3) is 0 Å². The first-order valence-electron chi connectivity index (χ1n) is 6.93. The lowest BCUT2D eigenvalue weighted by molar-refractivity contribution is 0.0693. The number of aromatic carboxylic acids is 1. The molecule has 0 saturated carbocycles. The summed E-state index contributed by atoms with van der Waals surface area (Å²) in [4.78, 5) is 11.2. The molecule has 0 unspecified atom stereocenters. The predicted octanol–water partition coefficient (Wildman–Crippen LogP) is 2.22. The van der Waals surface area contributed by atoms with Crippen molar-refractivity contribution in [1.82, 2.24) is 0 Å². The van der Waals surface area contributed by atoms with Crippen molar-refractivity contribution in [3.8, 4) is 11.5 Å². The smallest absolute Gasteiger partial charge is 0.339 e. The Morgan fingerprint density at radius 3 is 2.38 bits per heavy atom. The lowest BCUT2D eigenvalue weighted by Gasteiger charge is -2.04. The van der Waals surface area contributed by atoms with Gasteiger partial charge in [-0.25, -0.2) is 13.2 Å². The number of carboxylic acid groups (broad SMARTS) is 1. The van der Waals surface area contributed by atoms with Gasteiger partial charge in [0.1, 0.15) is 27.7 Å². The van der Waals surface area contributed by atoms with Gasteiger partial charge in [-0.15, -0.1) is 0 Å². The number of aromatic hydroxyl groups is 1. The Bertz CT molecular complexity index is 860. The Balaban J connectivity index is 0.000000175. The maximum absolute atomic E-state index is 11.3. The van der Waals surface area contributed by atoms with E-state index in [1.807, 2.05) is 0 Å². The molecule has 128 valence electrons. The molecular formula is C16H16O7S. The van der Waals surface area contributed by atoms with Crippen LogP contribution in [-0.4, -0.2) is 38.3 Å². The fraction of sp³-hybridized carbons (Fsp3) is 0.188. The van der Waals surface area contributed by atoms with Gasteiger partial charge in [-0.1, -0.05) is 0 Å². The van der Waals surface area contributed by atoms with Gasteiger partial charge >= 0.3 is 5.97 Å². The van der Waals surface area contributed by atoms with Crippen LogP contribution < -0.4 is 4.74 Å². The molecule has 0 amide bonds.